The zero-order valence-corrected chi connectivity index (χ0v) is 8.11. The van der Waals surface area contributed by atoms with Crippen LogP contribution in [0.25, 0.3) is 0 Å². The molecule has 1 unspecified atom stereocenters. The van der Waals surface area contributed by atoms with Crippen LogP contribution >= 0.6 is 15.9 Å². The van der Waals surface area contributed by atoms with Crippen molar-refractivity contribution in [3.05, 3.63) is 35.9 Å². The van der Waals surface area contributed by atoms with Crippen LogP contribution in [0.3, 0.4) is 0 Å². The highest BCUT2D eigenvalue weighted by molar-refractivity contribution is 9.09. The van der Waals surface area contributed by atoms with Crippen molar-refractivity contribution < 1.29 is 10.2 Å². The molecule has 0 heterocycles. The fourth-order valence-corrected chi connectivity index (χ4v) is 1.32. The van der Waals surface area contributed by atoms with Crippen LogP contribution in [0.15, 0.2) is 30.3 Å². The summed E-state index contributed by atoms with van der Waals surface area (Å²) < 4.78 is 0. The van der Waals surface area contributed by atoms with Gasteiger partial charge in [0.25, 0.3) is 0 Å². The number of rotatable bonds is 3. The maximum absolute atomic E-state index is 8.79. The van der Waals surface area contributed by atoms with E-state index in [1.165, 1.54) is 0 Å². The summed E-state index contributed by atoms with van der Waals surface area (Å²) in [7, 11) is 0. The Balaban J connectivity index is 2.53. The molecular weight excluding hydrogens is 220 g/mol. The SMILES string of the molecule is OC(O)C(Br)Cc1ccccc1. The fourth-order valence-electron chi connectivity index (χ4n) is 0.945. The summed E-state index contributed by atoms with van der Waals surface area (Å²) in [5, 5.41) is 17.6. The molecule has 2 N–H and O–H groups in total. The summed E-state index contributed by atoms with van der Waals surface area (Å²) in [4.78, 5) is -0.292. The number of aliphatic hydroxyl groups is 2. The highest BCUT2D eigenvalue weighted by Gasteiger charge is 2.12. The molecule has 1 aromatic rings. The lowest BCUT2D eigenvalue weighted by atomic mass is 10.1. The van der Waals surface area contributed by atoms with Gasteiger partial charge in [-0.05, 0) is 12.0 Å². The van der Waals surface area contributed by atoms with E-state index >= 15 is 0 Å². The van der Waals surface area contributed by atoms with E-state index in [9.17, 15) is 0 Å². The first kappa shape index (κ1) is 9.71. The Morgan fingerprint density at radius 2 is 1.75 bits per heavy atom. The Bertz CT molecular complexity index is 223. The number of benzene rings is 1. The molecule has 12 heavy (non-hydrogen) atoms. The summed E-state index contributed by atoms with van der Waals surface area (Å²) in [6.07, 6.45) is -0.677. The molecule has 3 heteroatoms. The Labute approximate surface area is 80.0 Å². The Morgan fingerprint density at radius 3 is 2.25 bits per heavy atom. The minimum Gasteiger partial charge on any atom is -0.367 e. The summed E-state index contributed by atoms with van der Waals surface area (Å²) in [6, 6.07) is 9.70. The standard InChI is InChI=1S/C9H11BrO2/c10-8(9(11)12)6-7-4-2-1-3-5-7/h1-5,8-9,11-12H,6H2. The summed E-state index contributed by atoms with van der Waals surface area (Å²) in [5.41, 5.74) is 1.09. The third-order valence-electron chi connectivity index (χ3n) is 1.60. The molecule has 66 valence electrons. The first-order valence-electron chi connectivity index (χ1n) is 3.74. The molecule has 0 saturated carbocycles. The van der Waals surface area contributed by atoms with E-state index < -0.39 is 6.29 Å². The summed E-state index contributed by atoms with van der Waals surface area (Å²) in [6.45, 7) is 0. The van der Waals surface area contributed by atoms with Gasteiger partial charge in [0.1, 0.15) is 0 Å². The van der Waals surface area contributed by atoms with Crippen LogP contribution in [0, 0.1) is 0 Å². The van der Waals surface area contributed by atoms with Crippen LogP contribution in [0.5, 0.6) is 0 Å². The molecule has 2 nitrogen and oxygen atoms in total. The molecule has 1 atom stereocenters. The van der Waals surface area contributed by atoms with E-state index in [-0.39, 0.29) is 4.83 Å². The molecule has 1 rings (SSSR count). The van der Waals surface area contributed by atoms with E-state index in [0.717, 1.165) is 5.56 Å². The molecule has 0 bridgehead atoms. The van der Waals surface area contributed by atoms with E-state index in [1.54, 1.807) is 0 Å². The predicted octanol–water partition coefficient (Wildman–Crippen LogP) is 1.30. The first-order chi connectivity index (χ1) is 5.70. The molecule has 0 amide bonds. The highest BCUT2D eigenvalue weighted by atomic mass is 79.9. The second-order valence-electron chi connectivity index (χ2n) is 2.62. The van der Waals surface area contributed by atoms with Crippen molar-refractivity contribution in [3.63, 3.8) is 0 Å². The van der Waals surface area contributed by atoms with Gasteiger partial charge in [-0.25, -0.2) is 0 Å². The predicted molar refractivity (Wildman–Crippen MR) is 51.1 cm³/mol. The molecule has 0 spiro atoms. The molecule has 0 saturated heterocycles. The molecule has 0 radical (unpaired) electrons. The van der Waals surface area contributed by atoms with Crippen molar-refractivity contribution in [1.29, 1.82) is 0 Å². The van der Waals surface area contributed by atoms with Crippen LogP contribution < -0.4 is 0 Å². The number of aliphatic hydroxyl groups excluding tert-OH is 1. The second-order valence-corrected chi connectivity index (χ2v) is 3.80. The Morgan fingerprint density at radius 1 is 1.17 bits per heavy atom. The van der Waals surface area contributed by atoms with Crippen LogP contribution in [0.2, 0.25) is 0 Å². The summed E-state index contributed by atoms with van der Waals surface area (Å²) >= 11 is 3.18. The number of hydrogen-bond acceptors (Lipinski definition) is 2. The van der Waals surface area contributed by atoms with Crippen LogP contribution in [0.1, 0.15) is 5.56 Å². The van der Waals surface area contributed by atoms with Crippen LogP contribution in [-0.2, 0) is 6.42 Å². The van der Waals surface area contributed by atoms with E-state index in [4.69, 9.17) is 10.2 Å². The van der Waals surface area contributed by atoms with Crippen LogP contribution in [0.4, 0.5) is 0 Å². The average molecular weight is 231 g/mol. The minimum absolute atomic E-state index is 0.292. The van der Waals surface area contributed by atoms with Gasteiger partial charge in [-0.2, -0.15) is 0 Å². The smallest absolute Gasteiger partial charge is 0.164 e. The molecule has 0 fully saturated rings. The van der Waals surface area contributed by atoms with Gasteiger partial charge in [-0.1, -0.05) is 46.3 Å². The van der Waals surface area contributed by atoms with Gasteiger partial charge in [0.2, 0.25) is 0 Å². The maximum Gasteiger partial charge on any atom is 0.164 e. The van der Waals surface area contributed by atoms with Crippen molar-refractivity contribution in [1.82, 2.24) is 0 Å². The zero-order valence-electron chi connectivity index (χ0n) is 6.52. The average Bonchev–Trinajstić information content (AvgIpc) is 2.06. The monoisotopic (exact) mass is 230 g/mol. The molecule has 0 aliphatic rings. The Kier molecular flexibility index (Phi) is 3.72. The lowest BCUT2D eigenvalue weighted by molar-refractivity contribution is -0.0383. The largest absolute Gasteiger partial charge is 0.367 e. The third kappa shape index (κ3) is 2.93. The van der Waals surface area contributed by atoms with E-state index in [1.807, 2.05) is 30.3 Å². The van der Waals surface area contributed by atoms with E-state index in [0.29, 0.717) is 6.42 Å². The lowest BCUT2D eigenvalue weighted by Crippen LogP contribution is -2.21. The van der Waals surface area contributed by atoms with Crippen molar-refractivity contribution >= 4 is 15.9 Å². The normalized spacial score (nSPS) is 13.3. The minimum atomic E-state index is -1.30. The van der Waals surface area contributed by atoms with Gasteiger partial charge in [0, 0.05) is 0 Å². The summed E-state index contributed by atoms with van der Waals surface area (Å²) in [5.74, 6) is 0. The molecule has 0 aliphatic carbocycles. The van der Waals surface area contributed by atoms with Gasteiger partial charge >= 0.3 is 0 Å². The fraction of sp³-hybridized carbons (Fsp3) is 0.333. The van der Waals surface area contributed by atoms with E-state index in [2.05, 4.69) is 15.9 Å². The van der Waals surface area contributed by atoms with Gasteiger partial charge in [0.15, 0.2) is 6.29 Å². The molecular formula is C9H11BrO2. The first-order valence-corrected chi connectivity index (χ1v) is 4.66. The van der Waals surface area contributed by atoms with Gasteiger partial charge in [-0.3, -0.25) is 0 Å². The maximum atomic E-state index is 8.79. The van der Waals surface area contributed by atoms with Gasteiger partial charge < -0.3 is 10.2 Å². The number of halogens is 1. The topological polar surface area (TPSA) is 40.5 Å². The van der Waals surface area contributed by atoms with Crippen molar-refractivity contribution in [2.45, 2.75) is 17.5 Å². The molecule has 1 aromatic carbocycles. The lowest BCUT2D eigenvalue weighted by Gasteiger charge is -2.10. The van der Waals surface area contributed by atoms with Gasteiger partial charge in [-0.15, -0.1) is 0 Å². The van der Waals surface area contributed by atoms with Crippen molar-refractivity contribution in [2.75, 3.05) is 0 Å². The molecule has 0 aromatic heterocycles. The highest BCUT2D eigenvalue weighted by Crippen LogP contribution is 2.11. The van der Waals surface area contributed by atoms with Crippen molar-refractivity contribution in [3.8, 4) is 0 Å². The number of hydrogen-bond donors (Lipinski definition) is 2. The quantitative estimate of drug-likeness (QED) is 0.608. The van der Waals surface area contributed by atoms with Crippen LogP contribution in [-0.4, -0.2) is 21.3 Å². The Hall–Kier alpha value is -0.380. The molecule has 0 aliphatic heterocycles. The third-order valence-corrected chi connectivity index (χ3v) is 2.39. The number of alkyl halides is 1. The second kappa shape index (κ2) is 4.60. The van der Waals surface area contributed by atoms with Crippen molar-refractivity contribution in [2.24, 2.45) is 0 Å². The zero-order chi connectivity index (χ0) is 8.97. The van der Waals surface area contributed by atoms with Gasteiger partial charge in [0.05, 0.1) is 4.83 Å².